The van der Waals surface area contributed by atoms with E-state index >= 15 is 0 Å². The summed E-state index contributed by atoms with van der Waals surface area (Å²) in [5, 5.41) is 2.90. The van der Waals surface area contributed by atoms with Crippen molar-refractivity contribution in [3.63, 3.8) is 0 Å². The zero-order valence-electron chi connectivity index (χ0n) is 9.49. The number of pyridine rings is 2. The smallest absolute Gasteiger partial charge is 0.264 e. The molecule has 0 atom stereocenters. The van der Waals surface area contributed by atoms with Crippen LogP contribution in [0.4, 0.5) is 20.4 Å². The van der Waals surface area contributed by atoms with Crippen LogP contribution in [0.5, 0.6) is 0 Å². The summed E-state index contributed by atoms with van der Waals surface area (Å²) >= 11 is 3.27. The number of aryl methyl sites for hydroxylation is 1. The van der Waals surface area contributed by atoms with E-state index in [9.17, 15) is 8.78 Å². The SMILES string of the molecule is Cc1cc(Br)nc(Nc2cc(C(F)F)ccn2)c1. The van der Waals surface area contributed by atoms with Gasteiger partial charge in [0.05, 0.1) is 0 Å². The first-order chi connectivity index (χ1) is 8.54. The zero-order chi connectivity index (χ0) is 13.1. The van der Waals surface area contributed by atoms with E-state index in [1.807, 2.05) is 19.1 Å². The Morgan fingerprint density at radius 1 is 1.22 bits per heavy atom. The summed E-state index contributed by atoms with van der Waals surface area (Å²) < 4.78 is 25.7. The van der Waals surface area contributed by atoms with E-state index in [4.69, 9.17) is 0 Å². The van der Waals surface area contributed by atoms with Gasteiger partial charge in [-0.25, -0.2) is 18.7 Å². The quantitative estimate of drug-likeness (QED) is 0.862. The summed E-state index contributed by atoms with van der Waals surface area (Å²) in [4.78, 5) is 8.16. The van der Waals surface area contributed by atoms with Gasteiger partial charge in [0.2, 0.25) is 0 Å². The van der Waals surface area contributed by atoms with E-state index in [1.54, 1.807) is 0 Å². The molecule has 3 nitrogen and oxygen atoms in total. The maximum Gasteiger partial charge on any atom is 0.264 e. The van der Waals surface area contributed by atoms with Gasteiger partial charge in [-0.3, -0.25) is 0 Å². The first kappa shape index (κ1) is 12.9. The third-order valence-electron chi connectivity index (χ3n) is 2.23. The molecule has 0 saturated carbocycles. The van der Waals surface area contributed by atoms with Crippen molar-refractivity contribution < 1.29 is 8.78 Å². The Morgan fingerprint density at radius 3 is 2.67 bits per heavy atom. The number of nitrogens with one attached hydrogen (secondary N) is 1. The first-order valence-corrected chi connectivity index (χ1v) is 5.99. The van der Waals surface area contributed by atoms with Gasteiger partial charge < -0.3 is 5.32 Å². The molecular weight excluding hydrogens is 304 g/mol. The molecule has 0 unspecified atom stereocenters. The van der Waals surface area contributed by atoms with Crippen LogP contribution in [-0.2, 0) is 0 Å². The number of anilines is 2. The summed E-state index contributed by atoms with van der Waals surface area (Å²) in [7, 11) is 0. The Hall–Kier alpha value is -1.56. The number of halogens is 3. The van der Waals surface area contributed by atoms with Crippen molar-refractivity contribution in [2.24, 2.45) is 0 Å². The maximum absolute atomic E-state index is 12.5. The average Bonchev–Trinajstić information content (AvgIpc) is 2.27. The predicted octanol–water partition coefficient (Wildman–Crippen LogP) is 4.23. The molecule has 0 aromatic carbocycles. The Morgan fingerprint density at radius 2 is 2.00 bits per heavy atom. The van der Waals surface area contributed by atoms with Gasteiger partial charge in [0.15, 0.2) is 0 Å². The van der Waals surface area contributed by atoms with Crippen LogP contribution in [0.3, 0.4) is 0 Å². The lowest BCUT2D eigenvalue weighted by atomic mass is 10.2. The van der Waals surface area contributed by atoms with Crippen LogP contribution >= 0.6 is 15.9 Å². The minimum atomic E-state index is -2.51. The molecule has 2 heterocycles. The van der Waals surface area contributed by atoms with E-state index in [1.165, 1.54) is 18.3 Å². The Bertz CT molecular complexity index is 541. The Balaban J connectivity index is 2.25. The van der Waals surface area contributed by atoms with E-state index in [2.05, 4.69) is 31.2 Å². The summed E-state index contributed by atoms with van der Waals surface area (Å²) in [6.45, 7) is 1.92. The van der Waals surface area contributed by atoms with Gasteiger partial charge in [-0.2, -0.15) is 0 Å². The van der Waals surface area contributed by atoms with Crippen molar-refractivity contribution in [3.05, 3.63) is 46.2 Å². The molecule has 2 rings (SSSR count). The average molecular weight is 314 g/mol. The van der Waals surface area contributed by atoms with Gasteiger partial charge >= 0.3 is 0 Å². The van der Waals surface area contributed by atoms with E-state index in [0.29, 0.717) is 16.2 Å². The lowest BCUT2D eigenvalue weighted by Crippen LogP contribution is -1.98. The van der Waals surface area contributed by atoms with E-state index in [0.717, 1.165) is 5.56 Å². The molecule has 1 N–H and O–H groups in total. The van der Waals surface area contributed by atoms with Gasteiger partial charge in [-0.15, -0.1) is 0 Å². The van der Waals surface area contributed by atoms with Crippen molar-refractivity contribution in [1.29, 1.82) is 0 Å². The second-order valence-electron chi connectivity index (χ2n) is 3.75. The van der Waals surface area contributed by atoms with Gasteiger partial charge in [0, 0.05) is 11.8 Å². The fourth-order valence-electron chi connectivity index (χ4n) is 1.47. The largest absolute Gasteiger partial charge is 0.325 e. The van der Waals surface area contributed by atoms with Gasteiger partial charge in [0.1, 0.15) is 16.2 Å². The molecule has 2 aromatic rings. The lowest BCUT2D eigenvalue weighted by molar-refractivity contribution is 0.151. The molecule has 0 radical (unpaired) electrons. The highest BCUT2D eigenvalue weighted by molar-refractivity contribution is 9.10. The molecule has 0 aliphatic heterocycles. The van der Waals surface area contributed by atoms with Gasteiger partial charge in [-0.05, 0) is 52.7 Å². The van der Waals surface area contributed by atoms with Crippen LogP contribution in [0, 0.1) is 6.92 Å². The van der Waals surface area contributed by atoms with Crippen LogP contribution in [0.1, 0.15) is 17.6 Å². The minimum Gasteiger partial charge on any atom is -0.325 e. The molecule has 18 heavy (non-hydrogen) atoms. The highest BCUT2D eigenvalue weighted by atomic mass is 79.9. The number of alkyl halides is 2. The highest BCUT2D eigenvalue weighted by Gasteiger charge is 2.08. The molecule has 0 fully saturated rings. The number of rotatable bonds is 3. The predicted molar refractivity (Wildman–Crippen MR) is 69.2 cm³/mol. The molecule has 6 heteroatoms. The molecule has 0 saturated heterocycles. The number of nitrogens with zero attached hydrogens (tertiary/aromatic N) is 2. The van der Waals surface area contributed by atoms with Crippen molar-refractivity contribution in [2.75, 3.05) is 5.32 Å². The summed E-state index contributed by atoms with van der Waals surface area (Å²) in [5.74, 6) is 0.901. The summed E-state index contributed by atoms with van der Waals surface area (Å²) in [6, 6.07) is 6.26. The third kappa shape index (κ3) is 3.22. The van der Waals surface area contributed by atoms with Crippen LogP contribution in [0.15, 0.2) is 35.1 Å². The van der Waals surface area contributed by atoms with Crippen LogP contribution in [-0.4, -0.2) is 9.97 Å². The first-order valence-electron chi connectivity index (χ1n) is 5.20. The number of hydrogen-bond donors (Lipinski definition) is 1. The number of hydrogen-bond acceptors (Lipinski definition) is 3. The normalized spacial score (nSPS) is 10.7. The third-order valence-corrected chi connectivity index (χ3v) is 2.64. The molecule has 0 spiro atoms. The van der Waals surface area contributed by atoms with Crippen molar-refractivity contribution in [1.82, 2.24) is 9.97 Å². The highest BCUT2D eigenvalue weighted by Crippen LogP contribution is 2.22. The van der Waals surface area contributed by atoms with Gasteiger partial charge in [0.25, 0.3) is 6.43 Å². The standard InChI is InChI=1S/C12H10BrF2N3/c1-7-4-9(13)17-11(5-7)18-10-6-8(12(14)15)2-3-16-10/h2-6,12H,1H3,(H,16,17,18). The van der Waals surface area contributed by atoms with E-state index in [-0.39, 0.29) is 5.56 Å². The van der Waals surface area contributed by atoms with Crippen molar-refractivity contribution in [2.45, 2.75) is 13.3 Å². The molecule has 94 valence electrons. The molecule has 0 aliphatic carbocycles. The maximum atomic E-state index is 12.5. The summed E-state index contributed by atoms with van der Waals surface area (Å²) in [5.41, 5.74) is 0.934. The molecule has 0 aliphatic rings. The zero-order valence-corrected chi connectivity index (χ0v) is 11.1. The van der Waals surface area contributed by atoms with Gasteiger partial charge in [-0.1, -0.05) is 0 Å². The Kier molecular flexibility index (Phi) is 3.86. The van der Waals surface area contributed by atoms with Crippen molar-refractivity contribution in [3.8, 4) is 0 Å². The molecule has 0 amide bonds. The van der Waals surface area contributed by atoms with Crippen molar-refractivity contribution >= 4 is 27.6 Å². The fourth-order valence-corrected chi connectivity index (χ4v) is 2.02. The number of aromatic nitrogens is 2. The van der Waals surface area contributed by atoms with E-state index < -0.39 is 6.43 Å². The fraction of sp³-hybridized carbons (Fsp3) is 0.167. The second-order valence-corrected chi connectivity index (χ2v) is 4.57. The van der Waals surface area contributed by atoms with Crippen LogP contribution in [0.2, 0.25) is 0 Å². The minimum absolute atomic E-state index is 0.0702. The van der Waals surface area contributed by atoms with Crippen LogP contribution in [0.25, 0.3) is 0 Å². The lowest BCUT2D eigenvalue weighted by Gasteiger charge is -2.07. The molecular formula is C12H10BrF2N3. The Labute approximate surface area is 111 Å². The topological polar surface area (TPSA) is 37.8 Å². The second kappa shape index (κ2) is 5.39. The monoisotopic (exact) mass is 313 g/mol. The van der Waals surface area contributed by atoms with Crippen LogP contribution < -0.4 is 5.32 Å². The molecule has 0 bridgehead atoms. The molecule has 2 aromatic heterocycles. The summed E-state index contributed by atoms with van der Waals surface area (Å²) in [6.07, 6.45) is -1.17.